The number of carboxylic acids is 1. The van der Waals surface area contributed by atoms with E-state index < -0.39 is 5.97 Å². The van der Waals surface area contributed by atoms with E-state index in [-0.39, 0.29) is 23.6 Å². The molecule has 3 rings (SSSR count). The third-order valence-corrected chi connectivity index (χ3v) is 3.66. The van der Waals surface area contributed by atoms with E-state index in [0.717, 1.165) is 38.1 Å². The van der Waals surface area contributed by atoms with Crippen LogP contribution in [0.15, 0.2) is 23.5 Å². The van der Waals surface area contributed by atoms with Gasteiger partial charge in [-0.2, -0.15) is 0 Å². The number of hydrogen-bond acceptors (Lipinski definition) is 5. The maximum atomic E-state index is 10.8. The van der Waals surface area contributed by atoms with Gasteiger partial charge in [0.05, 0.1) is 11.3 Å². The average molecular weight is 298 g/mol. The SMILES string of the molecule is Cl.O=C(O)c1ccc(C2=NOC3(CCNCC3)C2)nc1. The second kappa shape index (κ2) is 5.76. The number of aromatic nitrogens is 1. The molecule has 20 heavy (non-hydrogen) atoms. The molecule has 0 amide bonds. The maximum absolute atomic E-state index is 10.8. The van der Waals surface area contributed by atoms with E-state index in [1.54, 1.807) is 12.1 Å². The Kier molecular flexibility index (Phi) is 4.25. The van der Waals surface area contributed by atoms with Gasteiger partial charge >= 0.3 is 5.97 Å². The number of halogens is 1. The minimum atomic E-state index is -0.974. The summed E-state index contributed by atoms with van der Waals surface area (Å²) in [5, 5.41) is 16.3. The first kappa shape index (κ1) is 14.7. The number of aromatic carboxylic acids is 1. The Bertz CT molecular complexity index is 524. The van der Waals surface area contributed by atoms with Crippen molar-refractivity contribution in [2.24, 2.45) is 5.16 Å². The van der Waals surface area contributed by atoms with Crippen molar-refractivity contribution < 1.29 is 14.7 Å². The number of oxime groups is 1. The molecule has 1 saturated heterocycles. The van der Waals surface area contributed by atoms with Crippen molar-refractivity contribution >= 4 is 24.1 Å². The Morgan fingerprint density at radius 3 is 2.70 bits per heavy atom. The molecule has 1 fully saturated rings. The number of nitrogens with zero attached hydrogens (tertiary/aromatic N) is 2. The molecule has 2 N–H and O–H groups in total. The molecule has 108 valence electrons. The number of piperidine rings is 1. The van der Waals surface area contributed by atoms with Gasteiger partial charge in [0.1, 0.15) is 11.3 Å². The van der Waals surface area contributed by atoms with Crippen LogP contribution in [0.2, 0.25) is 0 Å². The summed E-state index contributed by atoms with van der Waals surface area (Å²) in [6.45, 7) is 1.88. The second-order valence-electron chi connectivity index (χ2n) is 4.98. The molecule has 2 aliphatic heterocycles. The fourth-order valence-electron chi connectivity index (χ4n) is 2.50. The molecule has 6 nitrogen and oxygen atoms in total. The molecule has 0 radical (unpaired) electrons. The van der Waals surface area contributed by atoms with E-state index in [1.165, 1.54) is 6.20 Å². The van der Waals surface area contributed by atoms with Crippen LogP contribution in [0.5, 0.6) is 0 Å². The van der Waals surface area contributed by atoms with E-state index in [1.807, 2.05) is 0 Å². The summed E-state index contributed by atoms with van der Waals surface area (Å²) in [5.74, 6) is -0.974. The van der Waals surface area contributed by atoms with Crippen LogP contribution in [-0.4, -0.2) is 40.5 Å². The average Bonchev–Trinajstić information content (AvgIpc) is 2.83. The van der Waals surface area contributed by atoms with E-state index in [2.05, 4.69) is 15.5 Å². The summed E-state index contributed by atoms with van der Waals surface area (Å²) >= 11 is 0. The largest absolute Gasteiger partial charge is 0.478 e. The van der Waals surface area contributed by atoms with Crippen LogP contribution >= 0.6 is 12.4 Å². The minimum absolute atomic E-state index is 0. The summed E-state index contributed by atoms with van der Waals surface area (Å²) < 4.78 is 0. The highest BCUT2D eigenvalue weighted by atomic mass is 35.5. The van der Waals surface area contributed by atoms with Gasteiger partial charge < -0.3 is 15.3 Å². The Morgan fingerprint density at radius 2 is 2.10 bits per heavy atom. The molecule has 1 aromatic heterocycles. The van der Waals surface area contributed by atoms with Crippen molar-refractivity contribution in [3.05, 3.63) is 29.6 Å². The van der Waals surface area contributed by atoms with Gasteiger partial charge in [0.15, 0.2) is 0 Å². The van der Waals surface area contributed by atoms with Gasteiger partial charge in [-0.05, 0) is 25.2 Å². The highest BCUT2D eigenvalue weighted by Crippen LogP contribution is 2.33. The van der Waals surface area contributed by atoms with Crippen molar-refractivity contribution in [3.8, 4) is 0 Å². The molecule has 0 saturated carbocycles. The highest BCUT2D eigenvalue weighted by molar-refractivity contribution is 6.00. The molecule has 1 spiro atoms. The lowest BCUT2D eigenvalue weighted by atomic mass is 9.87. The van der Waals surface area contributed by atoms with Gasteiger partial charge in [0, 0.05) is 25.5 Å². The number of nitrogens with one attached hydrogen (secondary N) is 1. The molecule has 2 aliphatic rings. The fourth-order valence-corrected chi connectivity index (χ4v) is 2.50. The quantitative estimate of drug-likeness (QED) is 0.863. The molecule has 0 aliphatic carbocycles. The highest BCUT2D eigenvalue weighted by Gasteiger charge is 2.40. The molecule has 0 bridgehead atoms. The Balaban J connectivity index is 0.00000147. The third kappa shape index (κ3) is 2.76. The standard InChI is InChI=1S/C13H15N3O3.ClH/c17-12(18)9-1-2-10(15-8-9)11-7-13(19-16-11)3-5-14-6-4-13;/h1-2,8,14H,3-7H2,(H,17,18);1H. The molecule has 0 unspecified atom stereocenters. The van der Waals surface area contributed by atoms with Crippen LogP contribution in [0, 0.1) is 0 Å². The number of pyridine rings is 1. The lowest BCUT2D eigenvalue weighted by molar-refractivity contribution is -0.0400. The van der Waals surface area contributed by atoms with E-state index in [0.29, 0.717) is 5.69 Å². The van der Waals surface area contributed by atoms with Gasteiger partial charge in [-0.25, -0.2) is 4.79 Å². The van der Waals surface area contributed by atoms with E-state index in [9.17, 15) is 4.79 Å². The normalized spacial score (nSPS) is 19.9. The minimum Gasteiger partial charge on any atom is -0.478 e. The monoisotopic (exact) mass is 297 g/mol. The smallest absolute Gasteiger partial charge is 0.337 e. The van der Waals surface area contributed by atoms with Crippen molar-refractivity contribution in [3.63, 3.8) is 0 Å². The lowest BCUT2D eigenvalue weighted by Gasteiger charge is -2.30. The summed E-state index contributed by atoms with van der Waals surface area (Å²) in [6, 6.07) is 3.23. The zero-order valence-electron chi connectivity index (χ0n) is 10.8. The summed E-state index contributed by atoms with van der Waals surface area (Å²) in [6.07, 6.45) is 3.97. The van der Waals surface area contributed by atoms with Crippen LogP contribution < -0.4 is 5.32 Å². The van der Waals surface area contributed by atoms with Crippen LogP contribution in [0.3, 0.4) is 0 Å². The van der Waals surface area contributed by atoms with Crippen molar-refractivity contribution in [2.45, 2.75) is 24.9 Å². The predicted octanol–water partition coefficient (Wildman–Crippen LogP) is 1.45. The summed E-state index contributed by atoms with van der Waals surface area (Å²) in [7, 11) is 0. The Labute approximate surface area is 122 Å². The topological polar surface area (TPSA) is 83.8 Å². The number of carboxylic acid groups (broad SMARTS) is 1. The van der Waals surface area contributed by atoms with E-state index in [4.69, 9.17) is 9.94 Å². The van der Waals surface area contributed by atoms with Crippen molar-refractivity contribution in [2.75, 3.05) is 13.1 Å². The maximum Gasteiger partial charge on any atom is 0.337 e. The first-order chi connectivity index (χ1) is 9.19. The first-order valence-electron chi connectivity index (χ1n) is 6.34. The van der Waals surface area contributed by atoms with Gasteiger partial charge in [-0.3, -0.25) is 4.98 Å². The van der Waals surface area contributed by atoms with Gasteiger partial charge in [-0.1, -0.05) is 5.16 Å². The summed E-state index contributed by atoms with van der Waals surface area (Å²) in [4.78, 5) is 20.5. The number of rotatable bonds is 2. The fraction of sp³-hybridized carbons (Fsp3) is 0.462. The second-order valence-corrected chi connectivity index (χ2v) is 4.98. The van der Waals surface area contributed by atoms with Crippen LogP contribution in [-0.2, 0) is 4.84 Å². The van der Waals surface area contributed by atoms with Crippen molar-refractivity contribution in [1.29, 1.82) is 0 Å². The molecule has 3 heterocycles. The van der Waals surface area contributed by atoms with Crippen LogP contribution in [0.1, 0.15) is 35.3 Å². The molecule has 7 heteroatoms. The molecule has 0 aromatic carbocycles. The van der Waals surface area contributed by atoms with Gasteiger partial charge in [0.2, 0.25) is 0 Å². The first-order valence-corrected chi connectivity index (χ1v) is 6.34. The van der Waals surface area contributed by atoms with E-state index >= 15 is 0 Å². The predicted molar refractivity (Wildman–Crippen MR) is 75.5 cm³/mol. The van der Waals surface area contributed by atoms with Crippen LogP contribution in [0.4, 0.5) is 0 Å². The Morgan fingerprint density at radius 1 is 1.35 bits per heavy atom. The van der Waals surface area contributed by atoms with Gasteiger partial charge in [-0.15, -0.1) is 12.4 Å². The lowest BCUT2D eigenvalue weighted by Crippen LogP contribution is -2.42. The molecule has 1 aromatic rings. The number of carbonyl (C=O) groups is 1. The third-order valence-electron chi connectivity index (χ3n) is 3.66. The number of hydrogen-bond donors (Lipinski definition) is 2. The summed E-state index contributed by atoms with van der Waals surface area (Å²) in [5.41, 5.74) is 1.49. The molecular weight excluding hydrogens is 282 g/mol. The zero-order valence-corrected chi connectivity index (χ0v) is 11.7. The van der Waals surface area contributed by atoms with Crippen LogP contribution in [0.25, 0.3) is 0 Å². The molecular formula is C13H16ClN3O3. The molecule has 0 atom stereocenters. The van der Waals surface area contributed by atoms with Crippen molar-refractivity contribution in [1.82, 2.24) is 10.3 Å². The zero-order chi connectivity index (χ0) is 13.3. The Hall–Kier alpha value is -1.66. The van der Waals surface area contributed by atoms with Gasteiger partial charge in [0.25, 0.3) is 0 Å².